The summed E-state index contributed by atoms with van der Waals surface area (Å²) in [6, 6.07) is 9.59. The smallest absolute Gasteiger partial charge is 0.543 e. The molecule has 0 radical (unpaired) electrons. The normalized spacial score (nSPS) is 21.7. The second kappa shape index (κ2) is 10.3. The number of aromatic nitrogens is 3. The van der Waals surface area contributed by atoms with E-state index in [0.717, 1.165) is 44.3 Å². The Morgan fingerprint density at radius 3 is 2.42 bits per heavy atom. The summed E-state index contributed by atoms with van der Waals surface area (Å²) in [5.74, 6) is -1.51. The minimum absolute atomic E-state index is 0. The molecule has 1 aliphatic carbocycles. The van der Waals surface area contributed by atoms with Crippen molar-refractivity contribution in [3.63, 3.8) is 0 Å². The molecule has 0 atom stereocenters. The fourth-order valence-electron chi connectivity index (χ4n) is 5.24. The molecule has 1 aliphatic heterocycles. The van der Waals surface area contributed by atoms with E-state index in [0.29, 0.717) is 36.2 Å². The van der Waals surface area contributed by atoms with Crippen LogP contribution in [-0.4, -0.2) is 57.9 Å². The number of carbonyl (C=O) groups is 1. The Balaban J connectivity index is 0.00000259. The molecule has 0 unspecified atom stereocenters. The van der Waals surface area contributed by atoms with E-state index in [-0.39, 0.29) is 46.2 Å². The van der Waals surface area contributed by atoms with Crippen LogP contribution in [0.4, 0.5) is 10.1 Å². The predicted molar refractivity (Wildman–Crippen MR) is 118 cm³/mol. The zero-order chi connectivity index (χ0) is 22.2. The Morgan fingerprint density at radius 1 is 1.03 bits per heavy atom. The number of anilines is 1. The Hall–Kier alpha value is -1.71. The molecule has 168 valence electrons. The number of carboxylic acids is 1. The van der Waals surface area contributed by atoms with Crippen LogP contribution in [0.5, 0.6) is 0 Å². The summed E-state index contributed by atoms with van der Waals surface area (Å²) in [6.45, 7) is 3.09. The van der Waals surface area contributed by atoms with Gasteiger partial charge in [-0.3, -0.25) is 4.90 Å². The average Bonchev–Trinajstić information content (AvgIpc) is 3.25. The van der Waals surface area contributed by atoms with Crippen LogP contribution in [0.3, 0.4) is 0 Å². The molecule has 2 fully saturated rings. The molecule has 1 aromatic carbocycles. The van der Waals surface area contributed by atoms with E-state index < -0.39 is 5.97 Å². The number of carboxylic acid groups (broad SMARTS) is 1. The summed E-state index contributed by atoms with van der Waals surface area (Å²) in [4.78, 5) is 15.9. The van der Waals surface area contributed by atoms with Gasteiger partial charge in [0.15, 0.2) is 5.15 Å². The summed E-state index contributed by atoms with van der Waals surface area (Å²) in [6.07, 6.45) is 6.31. The SMILES string of the molecule is O=C([O-])c1nnc(Cl)cc1N1CCN([C@H]2CC[C@@H](n3ccc4c(F)cccc43)CC2)CC1.[Na+]. The number of hydrogen-bond acceptors (Lipinski definition) is 6. The van der Waals surface area contributed by atoms with E-state index >= 15 is 0 Å². The van der Waals surface area contributed by atoms with E-state index in [1.807, 2.05) is 23.2 Å². The third kappa shape index (κ3) is 4.91. The molecule has 2 aliphatic rings. The molecular weight excluding hydrogens is 456 g/mol. The molecule has 10 heteroatoms. The predicted octanol–water partition coefficient (Wildman–Crippen LogP) is -0.103. The van der Waals surface area contributed by atoms with Gasteiger partial charge in [-0.1, -0.05) is 17.7 Å². The monoisotopic (exact) mass is 479 g/mol. The number of halogens is 2. The minimum atomic E-state index is -1.35. The summed E-state index contributed by atoms with van der Waals surface area (Å²) >= 11 is 5.95. The molecule has 5 rings (SSSR count). The largest absolute Gasteiger partial charge is 1.00 e. The first kappa shape index (κ1) is 24.4. The number of aromatic carboxylic acids is 1. The maximum Gasteiger partial charge on any atom is 1.00 e. The van der Waals surface area contributed by atoms with Crippen LogP contribution in [0.25, 0.3) is 10.9 Å². The van der Waals surface area contributed by atoms with E-state index in [9.17, 15) is 14.3 Å². The van der Waals surface area contributed by atoms with Gasteiger partial charge >= 0.3 is 29.6 Å². The fraction of sp³-hybridized carbons (Fsp3) is 0.435. The van der Waals surface area contributed by atoms with Gasteiger partial charge in [-0.2, -0.15) is 0 Å². The van der Waals surface area contributed by atoms with Crippen molar-refractivity contribution in [3.8, 4) is 0 Å². The maximum atomic E-state index is 14.0. The maximum absolute atomic E-state index is 14.0. The number of nitrogens with zero attached hydrogens (tertiary/aromatic N) is 5. The summed E-state index contributed by atoms with van der Waals surface area (Å²) < 4.78 is 16.3. The van der Waals surface area contributed by atoms with Crippen molar-refractivity contribution >= 4 is 34.2 Å². The Kier molecular flexibility index (Phi) is 7.60. The van der Waals surface area contributed by atoms with Crippen LogP contribution in [0.2, 0.25) is 5.15 Å². The average molecular weight is 480 g/mol. The number of fused-ring (bicyclic) bond motifs is 1. The van der Waals surface area contributed by atoms with Crippen molar-refractivity contribution in [1.29, 1.82) is 0 Å². The Morgan fingerprint density at radius 2 is 1.73 bits per heavy atom. The number of benzene rings is 1. The second-order valence-electron chi connectivity index (χ2n) is 8.57. The van der Waals surface area contributed by atoms with Gasteiger partial charge in [0.2, 0.25) is 0 Å². The van der Waals surface area contributed by atoms with Crippen LogP contribution in [0.1, 0.15) is 42.2 Å². The van der Waals surface area contributed by atoms with Crippen LogP contribution < -0.4 is 39.6 Å². The first-order valence-corrected chi connectivity index (χ1v) is 11.4. The van der Waals surface area contributed by atoms with Crippen LogP contribution in [-0.2, 0) is 0 Å². The van der Waals surface area contributed by atoms with Gasteiger partial charge in [-0.25, -0.2) is 4.39 Å². The van der Waals surface area contributed by atoms with Crippen molar-refractivity contribution in [2.75, 3.05) is 31.1 Å². The molecule has 1 saturated carbocycles. The number of hydrogen-bond donors (Lipinski definition) is 0. The van der Waals surface area contributed by atoms with Crippen LogP contribution in [0.15, 0.2) is 36.5 Å². The molecule has 2 aromatic heterocycles. The van der Waals surface area contributed by atoms with E-state index in [1.54, 1.807) is 12.1 Å². The number of carbonyl (C=O) groups excluding carboxylic acids is 1. The van der Waals surface area contributed by atoms with E-state index in [2.05, 4.69) is 19.7 Å². The van der Waals surface area contributed by atoms with Gasteiger partial charge in [-0.15, -0.1) is 10.2 Å². The van der Waals surface area contributed by atoms with Gasteiger partial charge in [-0.05, 0) is 43.9 Å². The topological polar surface area (TPSA) is 77.3 Å². The Bertz CT molecular complexity index is 1140. The van der Waals surface area contributed by atoms with Gasteiger partial charge in [0.1, 0.15) is 11.5 Å². The second-order valence-corrected chi connectivity index (χ2v) is 8.96. The molecule has 0 spiro atoms. The molecular formula is C23H24ClFN5NaO2. The number of piperazine rings is 1. The van der Waals surface area contributed by atoms with Gasteiger partial charge in [0.05, 0.1) is 17.2 Å². The third-order valence-electron chi connectivity index (χ3n) is 6.88. The molecule has 7 nitrogen and oxygen atoms in total. The minimum Gasteiger partial charge on any atom is -0.543 e. The van der Waals surface area contributed by atoms with Crippen molar-refractivity contribution in [2.45, 2.75) is 37.8 Å². The van der Waals surface area contributed by atoms with Gasteiger partial charge in [0, 0.05) is 55.9 Å². The first-order valence-electron chi connectivity index (χ1n) is 11.0. The summed E-state index contributed by atoms with van der Waals surface area (Å²) in [5, 5.41) is 19.6. The molecule has 0 amide bonds. The molecule has 0 N–H and O–H groups in total. The molecule has 0 bridgehead atoms. The summed E-state index contributed by atoms with van der Waals surface area (Å²) in [5.41, 5.74) is 1.27. The standard InChI is InChI=1S/C23H25ClFN5O2.Na/c24-21-14-20(22(23(31)32)27-26-21)29-12-10-28(11-13-29)15-4-6-16(7-5-15)30-9-8-17-18(25)2-1-3-19(17)30;/h1-3,8-9,14-16H,4-7,10-13H2,(H,31,32);/q;+1/p-1/t15-,16+;. The van der Waals surface area contributed by atoms with Gasteiger partial charge in [0.25, 0.3) is 0 Å². The fourth-order valence-corrected chi connectivity index (χ4v) is 5.39. The molecule has 1 saturated heterocycles. The van der Waals surface area contributed by atoms with Crippen molar-refractivity contribution in [2.24, 2.45) is 0 Å². The van der Waals surface area contributed by atoms with E-state index in [1.165, 1.54) is 6.07 Å². The molecule has 3 aromatic rings. The van der Waals surface area contributed by atoms with E-state index in [4.69, 9.17) is 11.6 Å². The van der Waals surface area contributed by atoms with Crippen LogP contribution >= 0.6 is 11.6 Å². The summed E-state index contributed by atoms with van der Waals surface area (Å²) in [7, 11) is 0. The molecule has 3 heterocycles. The quantitative estimate of drug-likeness (QED) is 0.486. The molecule has 33 heavy (non-hydrogen) atoms. The number of rotatable bonds is 4. The Labute approximate surface area is 218 Å². The zero-order valence-electron chi connectivity index (χ0n) is 18.6. The first-order chi connectivity index (χ1) is 15.5. The van der Waals surface area contributed by atoms with Crippen LogP contribution in [0, 0.1) is 5.82 Å². The van der Waals surface area contributed by atoms with Crippen molar-refractivity contribution < 1.29 is 43.8 Å². The van der Waals surface area contributed by atoms with Gasteiger partial charge < -0.3 is 19.4 Å². The van der Waals surface area contributed by atoms with Crippen molar-refractivity contribution in [3.05, 3.63) is 53.2 Å². The zero-order valence-corrected chi connectivity index (χ0v) is 21.3. The van der Waals surface area contributed by atoms with Crippen molar-refractivity contribution in [1.82, 2.24) is 19.7 Å². The third-order valence-corrected chi connectivity index (χ3v) is 7.06.